The van der Waals surface area contributed by atoms with Gasteiger partial charge >= 0.3 is 15.7 Å². The van der Waals surface area contributed by atoms with Gasteiger partial charge in [0.05, 0.1) is 11.4 Å². The first kappa shape index (κ1) is 36.2. The topological polar surface area (TPSA) is 43.5 Å². The minimum atomic E-state index is -2.09. The van der Waals surface area contributed by atoms with E-state index in [0.717, 1.165) is 0 Å². The van der Waals surface area contributed by atoms with Gasteiger partial charge in [0.15, 0.2) is 0 Å². The lowest BCUT2D eigenvalue weighted by Crippen LogP contribution is -2.36. The summed E-state index contributed by atoms with van der Waals surface area (Å²) >= 11 is 0. The molecule has 284 valence electrons. The summed E-state index contributed by atoms with van der Waals surface area (Å²) < 4.78 is 14.9. The van der Waals surface area contributed by atoms with Crippen molar-refractivity contribution in [1.82, 2.24) is 0 Å². The van der Waals surface area contributed by atoms with Crippen molar-refractivity contribution in [2.24, 2.45) is 0 Å². The molecule has 6 aromatic rings. The zero-order valence-electron chi connectivity index (χ0n) is 34.1. The van der Waals surface area contributed by atoms with E-state index in [0.29, 0.717) is 0 Å². The van der Waals surface area contributed by atoms with Crippen LogP contribution in [0.2, 0.25) is 0 Å². The normalized spacial score (nSPS) is 16.1. The van der Waals surface area contributed by atoms with Crippen molar-refractivity contribution < 1.29 is 0 Å². The molecule has 10 heteroatoms. The number of rotatable bonds is 4. The summed E-state index contributed by atoms with van der Waals surface area (Å²) in [5, 5.41) is 8.12. The fourth-order valence-corrected chi connectivity index (χ4v) is 17.2. The number of anilines is 10. The molecule has 4 aliphatic rings. The number of para-hydroxylation sites is 8. The summed E-state index contributed by atoms with van der Waals surface area (Å²) in [5.41, 5.74) is 20.4. The van der Waals surface area contributed by atoms with Gasteiger partial charge < -0.3 is 0 Å². The lowest BCUT2D eigenvalue weighted by Gasteiger charge is -2.35. The van der Waals surface area contributed by atoms with E-state index in [9.17, 15) is 0 Å². The average molecular weight is 779 g/mol. The van der Waals surface area contributed by atoms with Gasteiger partial charge in [0.1, 0.15) is 45.5 Å². The van der Waals surface area contributed by atoms with Crippen LogP contribution in [0.15, 0.2) is 121 Å². The van der Waals surface area contributed by atoms with Gasteiger partial charge in [-0.1, -0.05) is 83.9 Å². The summed E-state index contributed by atoms with van der Waals surface area (Å²) in [5.74, 6) is 0. The molecule has 0 fully saturated rings. The van der Waals surface area contributed by atoms with E-state index in [1.54, 1.807) is 0 Å². The van der Waals surface area contributed by atoms with Gasteiger partial charge in [0, 0.05) is 28.2 Å². The number of hydrogen-bond donors (Lipinski definition) is 2. The van der Waals surface area contributed by atoms with E-state index in [1.165, 1.54) is 90.3 Å². The van der Waals surface area contributed by atoms with Crippen LogP contribution in [-0.4, -0.2) is 28.2 Å². The number of benzene rings is 6. The van der Waals surface area contributed by atoms with Crippen LogP contribution in [0.4, 0.5) is 56.9 Å². The van der Waals surface area contributed by atoms with Crippen molar-refractivity contribution in [2.45, 2.75) is 41.5 Å². The van der Waals surface area contributed by atoms with Crippen molar-refractivity contribution in [3.63, 3.8) is 0 Å². The Bertz CT molecular complexity index is 2210. The lowest BCUT2D eigenvalue weighted by atomic mass is 10.1. The highest BCUT2D eigenvalue weighted by Gasteiger charge is 2.68. The summed E-state index contributed by atoms with van der Waals surface area (Å²) in [6, 6.07) is 44.0. The van der Waals surface area contributed by atoms with E-state index in [2.05, 4.69) is 229 Å². The number of aryl methyl sites for hydroxylation is 6. The lowest BCUT2D eigenvalue weighted by molar-refractivity contribution is 1.25. The second kappa shape index (κ2) is 13.1. The van der Waals surface area contributed by atoms with E-state index >= 15 is 0 Å². The maximum Gasteiger partial charge on any atom is 0.407 e. The first-order chi connectivity index (χ1) is 26.9. The Labute approximate surface area is 334 Å². The first-order valence-corrected chi connectivity index (χ1v) is 22.6. The van der Waals surface area contributed by atoms with E-state index in [4.69, 9.17) is 0 Å². The molecule has 0 atom stereocenters. The van der Waals surface area contributed by atoms with Crippen molar-refractivity contribution in [3.8, 4) is 0 Å². The minimum Gasteiger partial charge on any atom is -0.201 e. The van der Waals surface area contributed by atoms with Crippen LogP contribution in [0, 0.1) is 41.5 Å². The Morgan fingerprint density at radius 2 is 0.554 bits per heavy atom. The van der Waals surface area contributed by atoms with Gasteiger partial charge in [-0.2, -0.15) is 28.0 Å². The largest absolute Gasteiger partial charge is 0.407 e. The third-order valence-corrected chi connectivity index (χ3v) is 19.2. The van der Waals surface area contributed by atoms with E-state index in [-0.39, 0.29) is 0 Å². The fraction of sp³-hybridized carbons (Fsp3) is 0.217. The highest BCUT2D eigenvalue weighted by atomic mass is 31.2. The standard InChI is InChI=1S/2C23H26N4P/c2*1-16-14-17(2)23(18(3)15-16)24-28-25(4)19-10-6-8-12-21(19)27(28)22-13-9-7-11-20(22)26(28)5/h2*6-15,24H,1-5H3/q2*+1. The maximum absolute atomic E-state index is 4.06. The maximum atomic E-state index is 4.06. The van der Waals surface area contributed by atoms with Gasteiger partial charge in [0.25, 0.3) is 0 Å². The molecule has 0 saturated heterocycles. The summed E-state index contributed by atoms with van der Waals surface area (Å²) in [6.07, 6.45) is 0. The summed E-state index contributed by atoms with van der Waals surface area (Å²) in [6.45, 7) is 13.2. The summed E-state index contributed by atoms with van der Waals surface area (Å²) in [4.78, 5) is 0. The third-order valence-electron chi connectivity index (χ3n) is 11.9. The molecule has 0 amide bonds. The molecule has 0 bridgehead atoms. The monoisotopic (exact) mass is 778 g/mol. The van der Waals surface area contributed by atoms with Crippen molar-refractivity contribution in [1.29, 1.82) is 0 Å². The number of hydrogen-bond acceptors (Lipinski definition) is 8. The Kier molecular flexibility index (Phi) is 8.46. The molecule has 0 saturated carbocycles. The molecule has 8 nitrogen and oxygen atoms in total. The van der Waals surface area contributed by atoms with Crippen LogP contribution in [0.1, 0.15) is 33.4 Å². The second-order valence-electron chi connectivity index (χ2n) is 15.6. The predicted octanol–water partition coefficient (Wildman–Crippen LogP) is 12.9. The van der Waals surface area contributed by atoms with Gasteiger partial charge in [0.2, 0.25) is 0 Å². The molecular weight excluding hydrogens is 727 g/mol. The van der Waals surface area contributed by atoms with Gasteiger partial charge in [-0.3, -0.25) is 0 Å². The number of nitrogens with one attached hydrogen (secondary N) is 2. The van der Waals surface area contributed by atoms with Crippen LogP contribution in [-0.2, 0) is 0 Å². The molecule has 56 heavy (non-hydrogen) atoms. The molecule has 6 aromatic carbocycles. The van der Waals surface area contributed by atoms with E-state index in [1.807, 2.05) is 0 Å². The van der Waals surface area contributed by atoms with Crippen molar-refractivity contribution >= 4 is 72.6 Å². The van der Waals surface area contributed by atoms with Crippen molar-refractivity contribution in [3.05, 3.63) is 155 Å². The molecule has 10 rings (SSSR count). The highest BCUT2D eigenvalue weighted by Crippen LogP contribution is 2.82. The number of fused-ring (bicyclic) bond motifs is 10. The van der Waals surface area contributed by atoms with Gasteiger partial charge in [-0.25, -0.2) is 10.2 Å². The van der Waals surface area contributed by atoms with Crippen LogP contribution < -0.4 is 38.2 Å². The second-order valence-corrected chi connectivity index (χ2v) is 21.5. The Balaban J connectivity index is 0.000000146. The zero-order chi connectivity index (χ0) is 39.3. The smallest absolute Gasteiger partial charge is 0.201 e. The van der Waals surface area contributed by atoms with Gasteiger partial charge in [-0.15, -0.1) is 0 Å². The third kappa shape index (κ3) is 4.98. The SMILES string of the molecule is Cc1cc(C)c(N[P+]23N(C)c4ccccc4N2c2ccccc2N3C)c(C)c1.Cc1cc(C)c(N[P+]23N(C)c4ccccc4N2c2ccccc2N3C)c(C)c1. The molecule has 2 N–H and O–H groups in total. The molecule has 4 aliphatic heterocycles. The molecule has 0 radical (unpaired) electrons. The summed E-state index contributed by atoms with van der Waals surface area (Å²) in [7, 11) is 4.70. The first-order valence-electron chi connectivity index (χ1n) is 19.3. The van der Waals surface area contributed by atoms with Crippen molar-refractivity contribution in [2.75, 3.05) is 66.4 Å². The highest BCUT2D eigenvalue weighted by molar-refractivity contribution is 7.83. The number of nitrogens with zero attached hydrogens (tertiary/aromatic N) is 6. The van der Waals surface area contributed by atoms with Crippen LogP contribution in [0.5, 0.6) is 0 Å². The molecule has 0 spiro atoms. The average Bonchev–Trinajstić information content (AvgIpc) is 3.79. The molecule has 0 unspecified atom stereocenters. The fourth-order valence-electron chi connectivity index (χ4n) is 9.48. The Morgan fingerprint density at radius 3 is 0.786 bits per heavy atom. The Hall–Kier alpha value is -5.42. The molecular formula is C46H52N8P2+2. The molecule has 0 aromatic heterocycles. The minimum absolute atomic E-state index is 1.24. The molecule has 0 aliphatic carbocycles. The van der Waals surface area contributed by atoms with Crippen LogP contribution in [0.25, 0.3) is 0 Å². The zero-order valence-corrected chi connectivity index (χ0v) is 35.9. The van der Waals surface area contributed by atoms with Gasteiger partial charge in [-0.05, 0) is 112 Å². The quantitative estimate of drug-likeness (QED) is 0.172. The van der Waals surface area contributed by atoms with E-state index < -0.39 is 15.7 Å². The molecule has 4 heterocycles. The predicted molar refractivity (Wildman–Crippen MR) is 246 cm³/mol. The van der Waals surface area contributed by atoms with Crippen LogP contribution >= 0.6 is 15.7 Å². The Morgan fingerprint density at radius 1 is 0.339 bits per heavy atom. The van der Waals surface area contributed by atoms with Crippen LogP contribution in [0.3, 0.4) is 0 Å².